The minimum atomic E-state index is -0.280. The maximum Gasteiger partial charge on any atom is 0.145 e. The lowest BCUT2D eigenvalue weighted by atomic mass is 10.3. The zero-order valence-corrected chi connectivity index (χ0v) is 7.23. The van der Waals surface area contributed by atoms with Crippen molar-refractivity contribution >= 4 is 5.69 Å². The van der Waals surface area contributed by atoms with Crippen LogP contribution in [0.4, 0.5) is 10.1 Å². The molecule has 0 radical (unpaired) electrons. The Morgan fingerprint density at radius 2 is 2.25 bits per heavy atom. The van der Waals surface area contributed by atoms with Crippen LogP contribution in [0.25, 0.3) is 0 Å². The molecule has 0 aliphatic rings. The predicted molar refractivity (Wildman–Crippen MR) is 47.1 cm³/mol. The van der Waals surface area contributed by atoms with Gasteiger partial charge in [0, 0.05) is 13.1 Å². The molecule has 0 saturated carbocycles. The fourth-order valence-corrected chi connectivity index (χ4v) is 0.978. The van der Waals surface area contributed by atoms with E-state index in [-0.39, 0.29) is 5.82 Å². The first-order chi connectivity index (χ1) is 5.77. The lowest BCUT2D eigenvalue weighted by Crippen LogP contribution is -1.97. The summed E-state index contributed by atoms with van der Waals surface area (Å²) in [5.74, 6) is 0.275. The van der Waals surface area contributed by atoms with Crippen molar-refractivity contribution in [1.82, 2.24) is 0 Å². The average Bonchev–Trinajstić information content (AvgIpc) is 2.05. The van der Waals surface area contributed by atoms with Crippen molar-refractivity contribution in [2.24, 2.45) is 0 Å². The fraction of sp³-hybridized carbons (Fsp3) is 0.333. The maximum absolute atomic E-state index is 12.7. The van der Waals surface area contributed by atoms with Gasteiger partial charge in [-0.3, -0.25) is 0 Å². The number of benzene rings is 1. The monoisotopic (exact) mass is 169 g/mol. The third-order valence-corrected chi connectivity index (χ3v) is 1.51. The van der Waals surface area contributed by atoms with E-state index < -0.39 is 0 Å². The van der Waals surface area contributed by atoms with Crippen LogP contribution in [0.15, 0.2) is 18.2 Å². The first kappa shape index (κ1) is 8.84. The summed E-state index contributed by atoms with van der Waals surface area (Å²) in [5.41, 5.74) is 0.804. The standard InChI is InChI=1S/C9H12FNO/c1-3-12-9-6-7(10)4-5-8(9)11-2/h4-6,11H,3H2,1-2H3. The Bertz CT molecular complexity index is 263. The molecule has 0 saturated heterocycles. The zero-order valence-electron chi connectivity index (χ0n) is 7.23. The highest BCUT2D eigenvalue weighted by atomic mass is 19.1. The minimum Gasteiger partial charge on any atom is -0.492 e. The molecule has 66 valence electrons. The van der Waals surface area contributed by atoms with Crippen molar-refractivity contribution in [3.8, 4) is 5.75 Å². The van der Waals surface area contributed by atoms with Gasteiger partial charge >= 0.3 is 0 Å². The summed E-state index contributed by atoms with van der Waals surface area (Å²) in [6.07, 6.45) is 0. The Balaban J connectivity index is 2.95. The van der Waals surface area contributed by atoms with E-state index >= 15 is 0 Å². The molecule has 0 aromatic heterocycles. The predicted octanol–water partition coefficient (Wildman–Crippen LogP) is 2.27. The van der Waals surface area contributed by atoms with Crippen LogP contribution in [0.3, 0.4) is 0 Å². The second kappa shape index (κ2) is 3.95. The quantitative estimate of drug-likeness (QED) is 0.749. The molecule has 12 heavy (non-hydrogen) atoms. The summed E-state index contributed by atoms with van der Waals surface area (Å²) in [5, 5.41) is 2.92. The molecule has 0 unspecified atom stereocenters. The van der Waals surface area contributed by atoms with Gasteiger partial charge in [0.25, 0.3) is 0 Å². The van der Waals surface area contributed by atoms with E-state index in [0.717, 1.165) is 5.69 Å². The number of hydrogen-bond donors (Lipinski definition) is 1. The van der Waals surface area contributed by atoms with Crippen molar-refractivity contribution < 1.29 is 9.13 Å². The second-order valence-electron chi connectivity index (χ2n) is 2.32. The molecule has 0 spiro atoms. The normalized spacial score (nSPS) is 9.58. The number of nitrogens with one attached hydrogen (secondary N) is 1. The van der Waals surface area contributed by atoms with Gasteiger partial charge in [-0.25, -0.2) is 4.39 Å². The summed E-state index contributed by atoms with van der Waals surface area (Å²) in [6.45, 7) is 2.41. The van der Waals surface area contributed by atoms with Gasteiger partial charge in [-0.05, 0) is 19.1 Å². The fourth-order valence-electron chi connectivity index (χ4n) is 0.978. The van der Waals surface area contributed by atoms with Gasteiger partial charge in [-0.15, -0.1) is 0 Å². The second-order valence-corrected chi connectivity index (χ2v) is 2.32. The molecule has 3 heteroatoms. The van der Waals surface area contributed by atoms with Crippen LogP contribution in [0, 0.1) is 5.82 Å². The molecule has 1 aromatic carbocycles. The molecule has 0 heterocycles. The first-order valence-corrected chi connectivity index (χ1v) is 3.88. The van der Waals surface area contributed by atoms with Gasteiger partial charge in [0.15, 0.2) is 0 Å². The highest BCUT2D eigenvalue weighted by Gasteiger charge is 2.01. The number of halogens is 1. The number of anilines is 1. The van der Waals surface area contributed by atoms with E-state index in [1.807, 2.05) is 6.92 Å². The van der Waals surface area contributed by atoms with Gasteiger partial charge < -0.3 is 10.1 Å². The molecular formula is C9H12FNO. The van der Waals surface area contributed by atoms with Crippen molar-refractivity contribution in [3.63, 3.8) is 0 Å². The summed E-state index contributed by atoms with van der Waals surface area (Å²) in [4.78, 5) is 0. The van der Waals surface area contributed by atoms with Gasteiger partial charge in [-0.2, -0.15) is 0 Å². The molecule has 2 nitrogen and oxygen atoms in total. The smallest absolute Gasteiger partial charge is 0.145 e. The van der Waals surface area contributed by atoms with Crippen LogP contribution in [-0.2, 0) is 0 Å². The number of rotatable bonds is 3. The lowest BCUT2D eigenvalue weighted by molar-refractivity contribution is 0.340. The van der Waals surface area contributed by atoms with Crippen LogP contribution in [0.5, 0.6) is 5.75 Å². The third-order valence-electron chi connectivity index (χ3n) is 1.51. The van der Waals surface area contributed by atoms with Crippen LogP contribution >= 0.6 is 0 Å². The van der Waals surface area contributed by atoms with Crippen LogP contribution in [0.1, 0.15) is 6.92 Å². The molecule has 0 aliphatic carbocycles. The Morgan fingerprint density at radius 1 is 1.50 bits per heavy atom. The molecule has 0 amide bonds. The van der Waals surface area contributed by atoms with Gasteiger partial charge in [0.1, 0.15) is 11.6 Å². The van der Waals surface area contributed by atoms with Gasteiger partial charge in [0.05, 0.1) is 12.3 Å². The zero-order chi connectivity index (χ0) is 8.97. The number of ether oxygens (including phenoxy) is 1. The first-order valence-electron chi connectivity index (χ1n) is 3.88. The van der Waals surface area contributed by atoms with Gasteiger partial charge in [0.2, 0.25) is 0 Å². The molecule has 1 N–H and O–H groups in total. The lowest BCUT2D eigenvalue weighted by Gasteiger charge is -2.08. The minimum absolute atomic E-state index is 0.280. The Labute approximate surface area is 71.4 Å². The van der Waals surface area contributed by atoms with E-state index in [0.29, 0.717) is 12.4 Å². The Morgan fingerprint density at radius 3 is 2.83 bits per heavy atom. The summed E-state index contributed by atoms with van der Waals surface area (Å²) in [6, 6.07) is 4.42. The number of hydrogen-bond acceptors (Lipinski definition) is 2. The molecule has 0 bridgehead atoms. The van der Waals surface area contributed by atoms with Crippen molar-refractivity contribution in [3.05, 3.63) is 24.0 Å². The van der Waals surface area contributed by atoms with Crippen molar-refractivity contribution in [2.45, 2.75) is 6.92 Å². The molecule has 0 aliphatic heterocycles. The highest BCUT2D eigenvalue weighted by molar-refractivity contribution is 5.55. The van der Waals surface area contributed by atoms with E-state index in [1.54, 1.807) is 13.1 Å². The van der Waals surface area contributed by atoms with E-state index in [1.165, 1.54) is 12.1 Å². The topological polar surface area (TPSA) is 21.3 Å². The SMILES string of the molecule is CCOc1cc(F)ccc1NC. The van der Waals surface area contributed by atoms with E-state index in [9.17, 15) is 4.39 Å². The summed E-state index contributed by atoms with van der Waals surface area (Å²) < 4.78 is 17.9. The molecule has 0 atom stereocenters. The molecule has 1 rings (SSSR count). The van der Waals surface area contributed by atoms with Crippen molar-refractivity contribution in [1.29, 1.82) is 0 Å². The van der Waals surface area contributed by atoms with Crippen LogP contribution in [-0.4, -0.2) is 13.7 Å². The molecular weight excluding hydrogens is 157 g/mol. The highest BCUT2D eigenvalue weighted by Crippen LogP contribution is 2.24. The Hall–Kier alpha value is -1.25. The molecule has 0 fully saturated rings. The average molecular weight is 169 g/mol. The van der Waals surface area contributed by atoms with E-state index in [4.69, 9.17) is 4.74 Å². The largest absolute Gasteiger partial charge is 0.492 e. The third kappa shape index (κ3) is 1.87. The van der Waals surface area contributed by atoms with Crippen LogP contribution in [0.2, 0.25) is 0 Å². The Kier molecular flexibility index (Phi) is 2.91. The van der Waals surface area contributed by atoms with Crippen molar-refractivity contribution in [2.75, 3.05) is 19.0 Å². The maximum atomic E-state index is 12.7. The summed E-state index contributed by atoms with van der Waals surface area (Å²) >= 11 is 0. The van der Waals surface area contributed by atoms with Gasteiger partial charge in [-0.1, -0.05) is 0 Å². The van der Waals surface area contributed by atoms with E-state index in [2.05, 4.69) is 5.32 Å². The van der Waals surface area contributed by atoms with Crippen LogP contribution < -0.4 is 10.1 Å². The summed E-state index contributed by atoms with van der Waals surface area (Å²) in [7, 11) is 1.77. The molecule has 1 aromatic rings.